The molecule has 0 radical (unpaired) electrons. The van der Waals surface area contributed by atoms with Gasteiger partial charge >= 0.3 is 23.9 Å². The van der Waals surface area contributed by atoms with E-state index in [-0.39, 0.29) is 12.5 Å². The van der Waals surface area contributed by atoms with Crippen molar-refractivity contribution in [2.45, 2.75) is 71.7 Å². The molecule has 0 aliphatic carbocycles. The smallest absolute Gasteiger partial charge is 0.303 e. The van der Waals surface area contributed by atoms with Crippen molar-refractivity contribution in [3.8, 4) is 16.5 Å². The molecule has 1 aliphatic rings. The number of carbonyl (C=O) groups is 4. The topological polar surface area (TPSA) is 165 Å². The minimum atomic E-state index is -1.39. The summed E-state index contributed by atoms with van der Waals surface area (Å²) in [6, 6.07) is 7.90. The van der Waals surface area contributed by atoms with Crippen molar-refractivity contribution in [3.05, 3.63) is 52.7 Å². The molecule has 224 valence electrons. The summed E-state index contributed by atoms with van der Waals surface area (Å²) >= 11 is 1.55. The van der Waals surface area contributed by atoms with Gasteiger partial charge in [-0.1, -0.05) is 24.3 Å². The average molecular weight is 602 g/mol. The maximum atomic E-state index is 12.1. The third kappa shape index (κ3) is 7.70. The van der Waals surface area contributed by atoms with Gasteiger partial charge in [-0.2, -0.15) is 0 Å². The molecule has 0 spiro atoms. The number of nitrogens with zero attached hydrogens (tertiary/aromatic N) is 2. The summed E-state index contributed by atoms with van der Waals surface area (Å²) in [5.41, 5.74) is 3.38. The van der Waals surface area contributed by atoms with Gasteiger partial charge in [0.25, 0.3) is 0 Å². The highest BCUT2D eigenvalue weighted by Gasteiger charge is 2.53. The Morgan fingerprint density at radius 2 is 1.55 bits per heavy atom. The number of nitrogens with one attached hydrogen (secondary N) is 1. The van der Waals surface area contributed by atoms with Gasteiger partial charge < -0.3 is 28.4 Å². The lowest BCUT2D eigenvalue weighted by molar-refractivity contribution is -0.289. The SMILES string of the molecule is CC(=O)OC[C@H]1OC(Oc2n[nH]c(C)c2Cc2ccc(-c3nccs3)cc2)[C@H](OC(C)=O)[C@@H](OC(C)=O)[C@@H]1OC(C)=O. The zero-order valence-electron chi connectivity index (χ0n) is 23.7. The van der Waals surface area contributed by atoms with E-state index in [1.807, 2.05) is 36.6 Å². The number of ether oxygens (including phenoxy) is 6. The Bertz CT molecular complexity index is 1410. The summed E-state index contributed by atoms with van der Waals surface area (Å²) < 4.78 is 33.7. The van der Waals surface area contributed by atoms with Crippen molar-refractivity contribution in [3.63, 3.8) is 0 Å². The van der Waals surface area contributed by atoms with Gasteiger partial charge in [-0.25, -0.2) is 4.98 Å². The van der Waals surface area contributed by atoms with Gasteiger partial charge in [0.05, 0.1) is 0 Å². The minimum Gasteiger partial charge on any atom is -0.463 e. The van der Waals surface area contributed by atoms with Crippen molar-refractivity contribution < 1.29 is 47.6 Å². The first-order valence-corrected chi connectivity index (χ1v) is 13.9. The van der Waals surface area contributed by atoms with Crippen LogP contribution in [0.4, 0.5) is 0 Å². The molecule has 1 unspecified atom stereocenters. The summed E-state index contributed by atoms with van der Waals surface area (Å²) in [4.78, 5) is 52.1. The molecule has 1 saturated heterocycles. The van der Waals surface area contributed by atoms with E-state index in [4.69, 9.17) is 28.4 Å². The Kier molecular flexibility index (Phi) is 9.91. The first kappa shape index (κ1) is 30.7. The van der Waals surface area contributed by atoms with Gasteiger partial charge in [-0.3, -0.25) is 24.3 Å². The van der Waals surface area contributed by atoms with Crippen molar-refractivity contribution in [2.75, 3.05) is 6.61 Å². The first-order chi connectivity index (χ1) is 20.0. The molecule has 2 aromatic heterocycles. The molecular weight excluding hydrogens is 570 g/mol. The highest BCUT2D eigenvalue weighted by molar-refractivity contribution is 7.13. The molecule has 0 saturated carbocycles. The van der Waals surface area contributed by atoms with Crippen molar-refractivity contribution in [2.24, 2.45) is 0 Å². The molecule has 1 fully saturated rings. The Morgan fingerprint density at radius 3 is 2.14 bits per heavy atom. The van der Waals surface area contributed by atoms with Gasteiger partial charge in [-0.05, 0) is 12.5 Å². The van der Waals surface area contributed by atoms with Gasteiger partial charge in [0, 0.05) is 62.5 Å². The first-order valence-electron chi connectivity index (χ1n) is 13.0. The lowest BCUT2D eigenvalue weighted by Crippen LogP contribution is -2.63. The molecule has 3 heterocycles. The molecule has 1 aromatic carbocycles. The van der Waals surface area contributed by atoms with Gasteiger partial charge in [0.1, 0.15) is 17.7 Å². The zero-order chi connectivity index (χ0) is 30.4. The lowest BCUT2D eigenvalue weighted by atomic mass is 9.98. The molecular formula is C28H31N3O10S. The molecule has 4 rings (SSSR count). The number of benzene rings is 1. The number of hydrogen-bond donors (Lipinski definition) is 1. The number of hydrogen-bond acceptors (Lipinski definition) is 13. The van der Waals surface area contributed by atoms with Crippen LogP contribution in [0, 0.1) is 6.92 Å². The minimum absolute atomic E-state index is 0.150. The number of carbonyl (C=O) groups excluding carboxylic acids is 4. The van der Waals surface area contributed by atoms with Crippen LogP contribution in [0.25, 0.3) is 10.6 Å². The van der Waals surface area contributed by atoms with Crippen molar-refractivity contribution in [1.29, 1.82) is 0 Å². The van der Waals surface area contributed by atoms with Crippen LogP contribution in [0.3, 0.4) is 0 Å². The van der Waals surface area contributed by atoms with Crippen LogP contribution in [-0.4, -0.2) is 76.4 Å². The second-order valence-corrected chi connectivity index (χ2v) is 10.4. The Balaban J connectivity index is 1.64. The van der Waals surface area contributed by atoms with E-state index in [0.29, 0.717) is 12.0 Å². The second kappa shape index (κ2) is 13.6. The predicted octanol–water partition coefficient (Wildman–Crippen LogP) is 2.89. The summed E-state index contributed by atoms with van der Waals surface area (Å²) in [6.07, 6.45) is -4.35. The second-order valence-electron chi connectivity index (χ2n) is 9.53. The van der Waals surface area contributed by atoms with Crippen LogP contribution in [0.1, 0.15) is 44.5 Å². The van der Waals surface area contributed by atoms with E-state index in [1.165, 1.54) is 6.92 Å². The Morgan fingerprint density at radius 1 is 0.905 bits per heavy atom. The highest BCUT2D eigenvalue weighted by Crippen LogP contribution is 2.33. The van der Waals surface area contributed by atoms with Crippen LogP contribution < -0.4 is 4.74 Å². The van der Waals surface area contributed by atoms with E-state index in [1.54, 1.807) is 17.5 Å². The maximum absolute atomic E-state index is 12.1. The number of rotatable bonds is 10. The van der Waals surface area contributed by atoms with Gasteiger partial charge in [-0.15, -0.1) is 16.4 Å². The van der Waals surface area contributed by atoms with Crippen LogP contribution in [-0.2, 0) is 49.3 Å². The number of aromatic amines is 1. The van der Waals surface area contributed by atoms with E-state index < -0.39 is 54.6 Å². The quantitative estimate of drug-likeness (QED) is 0.267. The number of thiazole rings is 1. The maximum Gasteiger partial charge on any atom is 0.303 e. The standard InChI is InChI=1S/C28H31N3O10S/c1-14-21(12-19-6-8-20(9-7-19)27-29-10-11-42-27)26(31-30-14)41-28-25(39-18(5)35)24(38-17(4)34)23(37-16(3)33)22(40-28)13-36-15(2)32/h6-11,22-25,28H,12-13H2,1-5H3,(H,30,31)/t22-,23-,24+,25-,28?/m1/s1. The number of aromatic nitrogens is 3. The molecule has 13 nitrogen and oxygen atoms in total. The molecule has 5 atom stereocenters. The molecule has 0 amide bonds. The highest BCUT2D eigenvalue weighted by atomic mass is 32.1. The molecule has 0 bridgehead atoms. The molecule has 3 aromatic rings. The molecule has 1 N–H and O–H groups in total. The number of esters is 4. The fraction of sp³-hybridized carbons (Fsp3) is 0.429. The monoisotopic (exact) mass is 601 g/mol. The van der Waals surface area contributed by atoms with Crippen LogP contribution in [0.2, 0.25) is 0 Å². The molecule has 42 heavy (non-hydrogen) atoms. The zero-order valence-corrected chi connectivity index (χ0v) is 24.5. The molecule has 1 aliphatic heterocycles. The van der Waals surface area contributed by atoms with E-state index in [2.05, 4.69) is 15.2 Å². The predicted molar refractivity (Wildman–Crippen MR) is 146 cm³/mol. The van der Waals surface area contributed by atoms with E-state index in [9.17, 15) is 19.2 Å². The lowest BCUT2D eigenvalue weighted by Gasteiger charge is -2.43. The van der Waals surface area contributed by atoms with Gasteiger partial charge in [0.2, 0.25) is 18.3 Å². The van der Waals surface area contributed by atoms with Crippen LogP contribution >= 0.6 is 11.3 Å². The normalized spacial score (nSPS) is 21.7. The summed E-state index contributed by atoms with van der Waals surface area (Å²) in [5.74, 6) is -2.65. The largest absolute Gasteiger partial charge is 0.463 e. The third-order valence-corrected chi connectivity index (χ3v) is 7.05. The van der Waals surface area contributed by atoms with E-state index in [0.717, 1.165) is 42.6 Å². The number of aryl methyl sites for hydroxylation is 1. The fourth-order valence-electron chi connectivity index (χ4n) is 4.46. The summed E-state index contributed by atoms with van der Waals surface area (Å²) in [5, 5.41) is 9.99. The Hall–Kier alpha value is -4.30. The van der Waals surface area contributed by atoms with E-state index >= 15 is 0 Å². The Labute approximate surface area is 245 Å². The van der Waals surface area contributed by atoms with Crippen LogP contribution in [0.5, 0.6) is 5.88 Å². The average Bonchev–Trinajstić information content (AvgIpc) is 3.57. The van der Waals surface area contributed by atoms with Crippen molar-refractivity contribution in [1.82, 2.24) is 15.2 Å². The fourth-order valence-corrected chi connectivity index (χ4v) is 5.11. The summed E-state index contributed by atoms with van der Waals surface area (Å²) in [7, 11) is 0. The van der Waals surface area contributed by atoms with Gasteiger partial charge in [0.15, 0.2) is 12.2 Å². The molecule has 14 heteroatoms. The summed E-state index contributed by atoms with van der Waals surface area (Å²) in [6.45, 7) is 6.12. The van der Waals surface area contributed by atoms with Crippen molar-refractivity contribution >= 4 is 35.2 Å². The number of H-pyrrole nitrogens is 1. The third-order valence-electron chi connectivity index (χ3n) is 6.23. The van der Waals surface area contributed by atoms with Crippen LogP contribution in [0.15, 0.2) is 35.8 Å².